The van der Waals surface area contributed by atoms with Crippen LogP contribution in [0.2, 0.25) is 0 Å². The van der Waals surface area contributed by atoms with Gasteiger partial charge in [-0.2, -0.15) is 8.78 Å². The van der Waals surface area contributed by atoms with Crippen LogP contribution in [0.25, 0.3) is 11.5 Å². The fourth-order valence-corrected chi connectivity index (χ4v) is 4.56. The molecular formula is C27H34F2N4O5. The molecule has 0 unspecified atom stereocenters. The number of hydrogen-bond acceptors (Lipinski definition) is 7. The molecule has 2 aliphatic carbocycles. The first-order valence-electron chi connectivity index (χ1n) is 13.3. The number of alkyl halides is 2. The Kier molecular flexibility index (Phi) is 7.83. The van der Waals surface area contributed by atoms with Crippen molar-refractivity contribution in [3.05, 3.63) is 29.7 Å². The summed E-state index contributed by atoms with van der Waals surface area (Å²) in [6.45, 7) is 0.701. The van der Waals surface area contributed by atoms with Gasteiger partial charge in [-0.15, -0.1) is 0 Å². The highest BCUT2D eigenvalue weighted by molar-refractivity contribution is 5.94. The molecule has 2 amide bonds. The number of benzene rings is 1. The molecule has 1 atom stereocenters. The molecule has 2 saturated carbocycles. The van der Waals surface area contributed by atoms with Crippen LogP contribution in [0.3, 0.4) is 0 Å². The number of halogens is 2. The zero-order valence-electron chi connectivity index (χ0n) is 21.5. The van der Waals surface area contributed by atoms with Gasteiger partial charge in [0.2, 0.25) is 11.8 Å². The summed E-state index contributed by atoms with van der Waals surface area (Å²) < 4.78 is 42.1. The SMILES string of the molecule is C[C@H](N)c1oc(-c2ccc(OC(F)F)c(OCC3CC3)c2)nc1C(=O)N1CCC(C(=O)NCC2CC2)CC1. The Bertz CT molecular complexity index is 1150. The predicted octanol–water partition coefficient (Wildman–Crippen LogP) is 4.13. The van der Waals surface area contributed by atoms with Crippen molar-refractivity contribution in [2.45, 2.75) is 58.1 Å². The average Bonchev–Trinajstić information content (AvgIpc) is 3.84. The number of nitrogens with two attached hydrogens (primary N) is 1. The maximum atomic E-state index is 13.4. The number of oxazole rings is 1. The Labute approximate surface area is 220 Å². The number of carbonyl (C=O) groups is 2. The molecule has 1 aromatic carbocycles. The van der Waals surface area contributed by atoms with Gasteiger partial charge < -0.3 is 29.8 Å². The topological polar surface area (TPSA) is 120 Å². The standard InChI is InChI=1S/C27H34F2N4O5/c1-15(30)23-22(26(35)33-10-8-18(9-11-33)24(34)31-13-16-2-3-16)32-25(38-23)19-6-7-20(37-27(28)29)21(12-19)36-14-17-4-5-17/h6-7,12,15-18,27H,2-5,8-11,13-14,30H2,1H3,(H,31,34)/t15-/m0/s1. The zero-order valence-corrected chi connectivity index (χ0v) is 21.5. The van der Waals surface area contributed by atoms with E-state index in [0.29, 0.717) is 49.9 Å². The van der Waals surface area contributed by atoms with Crippen LogP contribution in [0.15, 0.2) is 22.6 Å². The lowest BCUT2D eigenvalue weighted by Gasteiger charge is -2.31. The number of nitrogens with one attached hydrogen (secondary N) is 1. The molecule has 3 aliphatic rings. The molecule has 0 bridgehead atoms. The van der Waals surface area contributed by atoms with E-state index in [2.05, 4.69) is 15.0 Å². The number of rotatable bonds is 11. The predicted molar refractivity (Wildman–Crippen MR) is 134 cm³/mol. The summed E-state index contributed by atoms with van der Waals surface area (Å²) in [6, 6.07) is 3.82. The third kappa shape index (κ3) is 6.43. The number of piperidine rings is 1. The van der Waals surface area contributed by atoms with Crippen LogP contribution < -0.4 is 20.5 Å². The van der Waals surface area contributed by atoms with Gasteiger partial charge in [-0.25, -0.2) is 4.98 Å². The highest BCUT2D eigenvalue weighted by Crippen LogP contribution is 2.37. The number of likely N-dealkylation sites (tertiary alicyclic amines) is 1. The second-order valence-corrected chi connectivity index (χ2v) is 10.6. The number of nitrogens with zero attached hydrogens (tertiary/aromatic N) is 2. The smallest absolute Gasteiger partial charge is 0.387 e. The molecule has 5 rings (SSSR count). The molecule has 2 aromatic rings. The molecule has 9 nitrogen and oxygen atoms in total. The van der Waals surface area contributed by atoms with E-state index in [0.717, 1.165) is 19.4 Å². The van der Waals surface area contributed by atoms with Gasteiger partial charge in [-0.05, 0) is 75.5 Å². The van der Waals surface area contributed by atoms with Crippen LogP contribution in [-0.4, -0.2) is 54.6 Å². The van der Waals surface area contributed by atoms with Crippen LogP contribution in [0.5, 0.6) is 11.5 Å². The Balaban J connectivity index is 1.30. The summed E-state index contributed by atoms with van der Waals surface area (Å²) in [4.78, 5) is 32.0. The minimum Gasteiger partial charge on any atom is -0.489 e. The van der Waals surface area contributed by atoms with Crippen LogP contribution >= 0.6 is 0 Å². The van der Waals surface area contributed by atoms with Gasteiger partial charge in [0.25, 0.3) is 5.91 Å². The number of hydrogen-bond donors (Lipinski definition) is 2. The van der Waals surface area contributed by atoms with Gasteiger partial charge in [0.15, 0.2) is 23.0 Å². The van der Waals surface area contributed by atoms with Crippen molar-refractivity contribution in [1.82, 2.24) is 15.2 Å². The lowest BCUT2D eigenvalue weighted by molar-refractivity contribution is -0.126. The number of amides is 2. The Hall–Kier alpha value is -3.21. The summed E-state index contributed by atoms with van der Waals surface area (Å²) in [7, 11) is 0. The van der Waals surface area contributed by atoms with Gasteiger partial charge in [-0.3, -0.25) is 9.59 Å². The molecule has 2 heterocycles. The van der Waals surface area contributed by atoms with Crippen LogP contribution in [0.4, 0.5) is 8.78 Å². The van der Waals surface area contributed by atoms with Crippen molar-refractivity contribution in [3.63, 3.8) is 0 Å². The van der Waals surface area contributed by atoms with Crippen molar-refractivity contribution < 1.29 is 32.3 Å². The van der Waals surface area contributed by atoms with E-state index >= 15 is 0 Å². The molecule has 206 valence electrons. The molecular weight excluding hydrogens is 498 g/mol. The fraction of sp³-hybridized carbons (Fsp3) is 0.593. The number of aromatic nitrogens is 1. The first-order valence-corrected chi connectivity index (χ1v) is 13.3. The summed E-state index contributed by atoms with van der Waals surface area (Å²) in [6.07, 6.45) is 5.59. The van der Waals surface area contributed by atoms with E-state index < -0.39 is 12.7 Å². The Morgan fingerprint density at radius 2 is 1.84 bits per heavy atom. The normalized spacial score (nSPS) is 18.9. The van der Waals surface area contributed by atoms with E-state index in [4.69, 9.17) is 14.9 Å². The maximum absolute atomic E-state index is 13.4. The van der Waals surface area contributed by atoms with E-state index in [1.165, 1.54) is 31.0 Å². The van der Waals surface area contributed by atoms with E-state index in [9.17, 15) is 18.4 Å². The van der Waals surface area contributed by atoms with Gasteiger partial charge in [0, 0.05) is 31.1 Å². The third-order valence-electron chi connectivity index (χ3n) is 7.26. The van der Waals surface area contributed by atoms with Crippen LogP contribution in [0, 0.1) is 17.8 Å². The van der Waals surface area contributed by atoms with Crippen molar-refractivity contribution in [2.24, 2.45) is 23.5 Å². The van der Waals surface area contributed by atoms with Crippen LogP contribution in [0.1, 0.15) is 67.7 Å². The highest BCUT2D eigenvalue weighted by Gasteiger charge is 2.33. The van der Waals surface area contributed by atoms with Gasteiger partial charge in [-0.1, -0.05) is 0 Å². The van der Waals surface area contributed by atoms with Crippen molar-refractivity contribution in [3.8, 4) is 23.0 Å². The summed E-state index contributed by atoms with van der Waals surface area (Å²) in [5, 5.41) is 3.03. The Morgan fingerprint density at radius 3 is 2.47 bits per heavy atom. The van der Waals surface area contributed by atoms with E-state index in [1.807, 2.05) is 0 Å². The largest absolute Gasteiger partial charge is 0.489 e. The van der Waals surface area contributed by atoms with Crippen molar-refractivity contribution in [1.29, 1.82) is 0 Å². The van der Waals surface area contributed by atoms with Crippen molar-refractivity contribution in [2.75, 3.05) is 26.2 Å². The van der Waals surface area contributed by atoms with Crippen molar-refractivity contribution >= 4 is 11.8 Å². The summed E-state index contributed by atoms with van der Waals surface area (Å²) >= 11 is 0. The first-order chi connectivity index (χ1) is 18.3. The molecule has 1 aromatic heterocycles. The van der Waals surface area contributed by atoms with Crippen LogP contribution in [-0.2, 0) is 4.79 Å². The molecule has 3 fully saturated rings. The fourth-order valence-electron chi connectivity index (χ4n) is 4.56. The second kappa shape index (κ2) is 11.3. The molecule has 3 N–H and O–H groups in total. The molecule has 0 spiro atoms. The minimum atomic E-state index is -2.99. The molecule has 1 aliphatic heterocycles. The monoisotopic (exact) mass is 532 g/mol. The molecule has 11 heteroatoms. The first kappa shape index (κ1) is 26.4. The summed E-state index contributed by atoms with van der Waals surface area (Å²) in [5.41, 5.74) is 6.67. The van der Waals surface area contributed by atoms with E-state index in [-0.39, 0.29) is 46.6 Å². The van der Waals surface area contributed by atoms with E-state index in [1.54, 1.807) is 11.8 Å². The minimum absolute atomic E-state index is 0.0583. The highest BCUT2D eigenvalue weighted by atomic mass is 19.3. The van der Waals surface area contributed by atoms with Gasteiger partial charge >= 0.3 is 6.61 Å². The number of carbonyl (C=O) groups excluding carboxylic acids is 2. The zero-order chi connectivity index (χ0) is 26.8. The summed E-state index contributed by atoms with van der Waals surface area (Å²) in [5.74, 6) is 1.11. The molecule has 1 saturated heterocycles. The average molecular weight is 533 g/mol. The molecule has 0 radical (unpaired) electrons. The lowest BCUT2D eigenvalue weighted by Crippen LogP contribution is -2.43. The molecule has 38 heavy (non-hydrogen) atoms. The maximum Gasteiger partial charge on any atom is 0.387 e. The number of ether oxygens (including phenoxy) is 2. The Morgan fingerprint density at radius 1 is 1.13 bits per heavy atom. The van der Waals surface area contributed by atoms with Gasteiger partial charge in [0.1, 0.15) is 0 Å². The quantitative estimate of drug-likeness (QED) is 0.447. The lowest BCUT2D eigenvalue weighted by atomic mass is 9.95. The third-order valence-corrected chi connectivity index (χ3v) is 7.26. The second-order valence-electron chi connectivity index (χ2n) is 10.6. The van der Waals surface area contributed by atoms with Gasteiger partial charge in [0.05, 0.1) is 12.6 Å².